The van der Waals surface area contributed by atoms with Crippen molar-refractivity contribution in [2.45, 2.75) is 12.7 Å². The average Bonchev–Trinajstić information content (AvgIpc) is 2.18. The van der Waals surface area contributed by atoms with Crippen LogP contribution in [0.25, 0.3) is 0 Å². The SMILES string of the molecule is CCOC(=O)CSCc1cccc(Cl)c1. The maximum atomic E-state index is 11.0. The van der Waals surface area contributed by atoms with Crippen molar-refractivity contribution >= 4 is 29.3 Å². The maximum absolute atomic E-state index is 11.0. The summed E-state index contributed by atoms with van der Waals surface area (Å²) in [6.07, 6.45) is 0. The van der Waals surface area contributed by atoms with Crippen molar-refractivity contribution in [2.24, 2.45) is 0 Å². The van der Waals surface area contributed by atoms with Crippen LogP contribution in [0.1, 0.15) is 12.5 Å². The molecular weight excluding hydrogens is 232 g/mol. The molecule has 0 aliphatic carbocycles. The van der Waals surface area contributed by atoms with Crippen molar-refractivity contribution < 1.29 is 9.53 Å². The van der Waals surface area contributed by atoms with Crippen LogP contribution in [0.4, 0.5) is 0 Å². The topological polar surface area (TPSA) is 26.3 Å². The van der Waals surface area contributed by atoms with Crippen LogP contribution in [-0.4, -0.2) is 18.3 Å². The molecule has 0 saturated carbocycles. The van der Waals surface area contributed by atoms with Crippen LogP contribution in [0.5, 0.6) is 0 Å². The number of carbonyl (C=O) groups is 1. The van der Waals surface area contributed by atoms with E-state index in [2.05, 4.69) is 0 Å². The van der Waals surface area contributed by atoms with Gasteiger partial charge in [-0.1, -0.05) is 23.7 Å². The summed E-state index contributed by atoms with van der Waals surface area (Å²) in [6, 6.07) is 7.63. The molecule has 0 N–H and O–H groups in total. The number of esters is 1. The lowest BCUT2D eigenvalue weighted by Crippen LogP contribution is -2.06. The molecule has 0 aromatic heterocycles. The largest absolute Gasteiger partial charge is 0.465 e. The molecule has 1 aromatic carbocycles. The Labute approximate surface area is 99.0 Å². The van der Waals surface area contributed by atoms with Gasteiger partial charge in [0.05, 0.1) is 12.4 Å². The highest BCUT2D eigenvalue weighted by Crippen LogP contribution is 2.16. The summed E-state index contributed by atoms with van der Waals surface area (Å²) in [6.45, 7) is 2.25. The summed E-state index contributed by atoms with van der Waals surface area (Å²) >= 11 is 7.37. The van der Waals surface area contributed by atoms with Gasteiger partial charge in [-0.05, 0) is 24.6 Å². The smallest absolute Gasteiger partial charge is 0.315 e. The second kappa shape index (κ2) is 6.75. The van der Waals surface area contributed by atoms with E-state index in [0.717, 1.165) is 16.3 Å². The summed E-state index contributed by atoms with van der Waals surface area (Å²) in [5, 5.41) is 0.726. The van der Waals surface area contributed by atoms with Gasteiger partial charge in [0.1, 0.15) is 0 Å². The Morgan fingerprint density at radius 3 is 3.00 bits per heavy atom. The molecular formula is C11H13ClO2S. The first kappa shape index (κ1) is 12.4. The van der Waals surface area contributed by atoms with E-state index in [9.17, 15) is 4.79 Å². The highest BCUT2D eigenvalue weighted by molar-refractivity contribution is 7.99. The zero-order valence-electron chi connectivity index (χ0n) is 8.53. The van der Waals surface area contributed by atoms with E-state index < -0.39 is 0 Å². The first-order valence-electron chi connectivity index (χ1n) is 4.70. The van der Waals surface area contributed by atoms with E-state index in [0.29, 0.717) is 12.4 Å². The van der Waals surface area contributed by atoms with Crippen molar-refractivity contribution in [2.75, 3.05) is 12.4 Å². The molecule has 0 fully saturated rings. The molecule has 0 amide bonds. The van der Waals surface area contributed by atoms with Crippen LogP contribution in [0.3, 0.4) is 0 Å². The number of hydrogen-bond acceptors (Lipinski definition) is 3. The fraction of sp³-hybridized carbons (Fsp3) is 0.364. The Kier molecular flexibility index (Phi) is 5.58. The molecule has 15 heavy (non-hydrogen) atoms. The Morgan fingerprint density at radius 2 is 2.33 bits per heavy atom. The van der Waals surface area contributed by atoms with Gasteiger partial charge in [-0.15, -0.1) is 11.8 Å². The predicted octanol–water partition coefficient (Wildman–Crippen LogP) is 3.14. The fourth-order valence-corrected chi connectivity index (χ4v) is 2.06. The Morgan fingerprint density at radius 1 is 1.53 bits per heavy atom. The maximum Gasteiger partial charge on any atom is 0.315 e. The lowest BCUT2D eigenvalue weighted by molar-refractivity contribution is -0.139. The number of halogens is 1. The lowest BCUT2D eigenvalue weighted by atomic mass is 10.2. The molecule has 0 radical (unpaired) electrons. The monoisotopic (exact) mass is 244 g/mol. The van der Waals surface area contributed by atoms with Gasteiger partial charge in [0, 0.05) is 10.8 Å². The molecule has 4 heteroatoms. The van der Waals surface area contributed by atoms with Gasteiger partial charge in [0.2, 0.25) is 0 Å². The van der Waals surface area contributed by atoms with Gasteiger partial charge in [-0.2, -0.15) is 0 Å². The van der Waals surface area contributed by atoms with E-state index in [1.807, 2.05) is 24.3 Å². The van der Waals surface area contributed by atoms with E-state index in [4.69, 9.17) is 16.3 Å². The number of hydrogen-bond donors (Lipinski definition) is 0. The third kappa shape index (κ3) is 5.09. The van der Waals surface area contributed by atoms with Gasteiger partial charge < -0.3 is 4.74 Å². The van der Waals surface area contributed by atoms with Gasteiger partial charge in [-0.25, -0.2) is 0 Å². The molecule has 0 heterocycles. The average molecular weight is 245 g/mol. The first-order chi connectivity index (χ1) is 7.22. The van der Waals surface area contributed by atoms with Crippen LogP contribution < -0.4 is 0 Å². The Bertz CT molecular complexity index is 328. The second-order valence-electron chi connectivity index (χ2n) is 2.93. The molecule has 2 nitrogen and oxygen atoms in total. The number of rotatable bonds is 5. The summed E-state index contributed by atoms with van der Waals surface area (Å²) in [5.74, 6) is 1.00. The molecule has 0 atom stereocenters. The summed E-state index contributed by atoms with van der Waals surface area (Å²) in [7, 11) is 0. The van der Waals surface area contributed by atoms with Crippen molar-refractivity contribution in [1.82, 2.24) is 0 Å². The van der Waals surface area contributed by atoms with E-state index in [-0.39, 0.29) is 5.97 Å². The van der Waals surface area contributed by atoms with E-state index in [1.165, 1.54) is 11.8 Å². The number of benzene rings is 1. The first-order valence-corrected chi connectivity index (χ1v) is 6.23. The third-order valence-corrected chi connectivity index (χ3v) is 2.90. The minimum atomic E-state index is -0.162. The van der Waals surface area contributed by atoms with Crippen LogP contribution in [0.15, 0.2) is 24.3 Å². The Balaban J connectivity index is 2.28. The normalized spacial score (nSPS) is 10.0. The van der Waals surface area contributed by atoms with E-state index in [1.54, 1.807) is 6.92 Å². The standard InChI is InChI=1S/C11H13ClO2S/c1-2-14-11(13)8-15-7-9-4-3-5-10(12)6-9/h3-6H,2,7-8H2,1H3. The molecule has 82 valence electrons. The van der Waals surface area contributed by atoms with Crippen molar-refractivity contribution in [3.05, 3.63) is 34.9 Å². The summed E-state index contributed by atoms with van der Waals surface area (Å²) < 4.78 is 4.82. The predicted molar refractivity (Wildman–Crippen MR) is 64.2 cm³/mol. The minimum Gasteiger partial charge on any atom is -0.465 e. The van der Waals surface area contributed by atoms with Crippen molar-refractivity contribution in [1.29, 1.82) is 0 Å². The molecule has 0 unspecified atom stereocenters. The molecule has 1 rings (SSSR count). The van der Waals surface area contributed by atoms with Crippen LogP contribution in [0.2, 0.25) is 5.02 Å². The van der Waals surface area contributed by atoms with Crippen LogP contribution >= 0.6 is 23.4 Å². The van der Waals surface area contributed by atoms with Gasteiger partial charge >= 0.3 is 5.97 Å². The quantitative estimate of drug-likeness (QED) is 0.745. The number of ether oxygens (including phenoxy) is 1. The molecule has 0 aliphatic heterocycles. The Hall–Kier alpha value is -0.670. The van der Waals surface area contributed by atoms with Crippen molar-refractivity contribution in [3.8, 4) is 0 Å². The minimum absolute atomic E-state index is 0.162. The summed E-state index contributed by atoms with van der Waals surface area (Å²) in [5.41, 5.74) is 1.12. The van der Waals surface area contributed by atoms with Crippen LogP contribution in [0, 0.1) is 0 Å². The highest BCUT2D eigenvalue weighted by Gasteiger charge is 2.02. The third-order valence-electron chi connectivity index (χ3n) is 1.68. The molecule has 0 bridgehead atoms. The fourth-order valence-electron chi connectivity index (χ4n) is 1.08. The number of thioether (sulfide) groups is 1. The second-order valence-corrected chi connectivity index (χ2v) is 4.35. The van der Waals surface area contributed by atoms with Gasteiger partial charge in [0.15, 0.2) is 0 Å². The van der Waals surface area contributed by atoms with E-state index >= 15 is 0 Å². The molecule has 0 spiro atoms. The van der Waals surface area contributed by atoms with Crippen molar-refractivity contribution in [3.63, 3.8) is 0 Å². The lowest BCUT2D eigenvalue weighted by Gasteiger charge is -2.02. The van der Waals surface area contributed by atoms with Gasteiger partial charge in [-0.3, -0.25) is 4.79 Å². The van der Waals surface area contributed by atoms with Gasteiger partial charge in [0.25, 0.3) is 0 Å². The zero-order chi connectivity index (χ0) is 11.1. The molecule has 1 aromatic rings. The van der Waals surface area contributed by atoms with Crippen LogP contribution in [-0.2, 0) is 15.3 Å². The number of carbonyl (C=O) groups excluding carboxylic acids is 1. The highest BCUT2D eigenvalue weighted by atomic mass is 35.5. The molecule has 0 aliphatic rings. The molecule has 0 saturated heterocycles. The zero-order valence-corrected chi connectivity index (χ0v) is 10.1. The summed E-state index contributed by atoms with van der Waals surface area (Å²) in [4.78, 5) is 11.0.